The van der Waals surface area contributed by atoms with Gasteiger partial charge in [-0.25, -0.2) is 9.59 Å². The molecule has 0 aromatic carbocycles. The first-order valence-electron chi connectivity index (χ1n) is 6.55. The number of carbonyl (C=O) groups is 3. The summed E-state index contributed by atoms with van der Waals surface area (Å²) in [6.45, 7) is 9.89. The van der Waals surface area contributed by atoms with Crippen LogP contribution < -0.4 is 0 Å². The number of carboxylic acids is 1. The van der Waals surface area contributed by atoms with Crippen molar-refractivity contribution in [3.8, 4) is 0 Å². The molecule has 0 saturated heterocycles. The van der Waals surface area contributed by atoms with E-state index >= 15 is 0 Å². The number of cyclic esters (lactones) is 1. The average Bonchev–Trinajstić information content (AvgIpc) is 2.79. The van der Waals surface area contributed by atoms with Crippen LogP contribution in [0.1, 0.15) is 13.8 Å². The molecule has 0 amide bonds. The van der Waals surface area contributed by atoms with E-state index in [2.05, 4.69) is 22.6 Å². The number of carboxylic acid groups (broad SMARTS) is 1. The minimum Gasteiger partial charge on any atom is -0.494 e. The summed E-state index contributed by atoms with van der Waals surface area (Å²) in [5.41, 5.74) is 0.547. The van der Waals surface area contributed by atoms with Gasteiger partial charge < -0.3 is 24.4 Å². The molecule has 1 atom stereocenters. The molecular formula is C16H20O8. The third-order valence-electron chi connectivity index (χ3n) is 2.72. The molecule has 1 unspecified atom stereocenters. The second kappa shape index (κ2) is 8.68. The van der Waals surface area contributed by atoms with Crippen molar-refractivity contribution in [2.24, 2.45) is 0 Å². The van der Waals surface area contributed by atoms with Crippen LogP contribution in [0, 0.1) is 0 Å². The second-order valence-corrected chi connectivity index (χ2v) is 4.72. The largest absolute Gasteiger partial charge is 0.494 e. The Labute approximate surface area is 139 Å². The van der Waals surface area contributed by atoms with E-state index in [1.165, 1.54) is 21.1 Å². The second-order valence-electron chi connectivity index (χ2n) is 4.72. The molecule has 0 radical (unpaired) electrons. The zero-order chi connectivity index (χ0) is 19.1. The summed E-state index contributed by atoms with van der Waals surface area (Å²) in [5.74, 6) is -4.26. The number of ketones is 1. The van der Waals surface area contributed by atoms with E-state index in [9.17, 15) is 19.5 Å². The molecule has 0 aliphatic carbocycles. The SMILES string of the molecule is C=C(C)C(=O)C(=CC(=O)O)OC.C=C(C)C1(O)OC(=O)C=C1OC. The number of allylic oxidation sites excluding steroid dienone is 1. The summed E-state index contributed by atoms with van der Waals surface area (Å²) < 4.78 is 13.9. The van der Waals surface area contributed by atoms with Gasteiger partial charge in [-0.2, -0.15) is 0 Å². The molecule has 8 nitrogen and oxygen atoms in total. The van der Waals surface area contributed by atoms with Crippen molar-refractivity contribution in [1.29, 1.82) is 0 Å². The molecule has 0 fully saturated rings. The summed E-state index contributed by atoms with van der Waals surface area (Å²) in [4.78, 5) is 32.0. The Kier molecular flexibility index (Phi) is 7.64. The van der Waals surface area contributed by atoms with Crippen LogP contribution in [0.25, 0.3) is 0 Å². The van der Waals surface area contributed by atoms with Gasteiger partial charge >= 0.3 is 11.9 Å². The summed E-state index contributed by atoms with van der Waals surface area (Å²) in [6, 6.07) is 0. The zero-order valence-corrected chi connectivity index (χ0v) is 13.9. The lowest BCUT2D eigenvalue weighted by atomic mass is 10.1. The number of hydrogen-bond acceptors (Lipinski definition) is 7. The lowest BCUT2D eigenvalue weighted by Crippen LogP contribution is -2.33. The van der Waals surface area contributed by atoms with Gasteiger partial charge in [0.1, 0.15) is 0 Å². The van der Waals surface area contributed by atoms with Crippen LogP contribution in [0.5, 0.6) is 0 Å². The van der Waals surface area contributed by atoms with Crippen molar-refractivity contribution >= 4 is 17.7 Å². The van der Waals surface area contributed by atoms with Gasteiger partial charge in [-0.15, -0.1) is 0 Å². The number of rotatable bonds is 6. The van der Waals surface area contributed by atoms with Crippen molar-refractivity contribution in [2.45, 2.75) is 19.6 Å². The molecule has 24 heavy (non-hydrogen) atoms. The molecule has 2 N–H and O–H groups in total. The van der Waals surface area contributed by atoms with E-state index in [-0.39, 0.29) is 17.1 Å². The van der Waals surface area contributed by atoms with E-state index in [1.807, 2.05) is 0 Å². The van der Waals surface area contributed by atoms with E-state index in [0.717, 1.165) is 6.08 Å². The van der Waals surface area contributed by atoms with Crippen LogP contribution >= 0.6 is 0 Å². The van der Waals surface area contributed by atoms with Gasteiger partial charge in [-0.1, -0.05) is 13.2 Å². The summed E-state index contributed by atoms with van der Waals surface area (Å²) >= 11 is 0. The third-order valence-corrected chi connectivity index (χ3v) is 2.72. The highest BCUT2D eigenvalue weighted by Crippen LogP contribution is 2.31. The highest BCUT2D eigenvalue weighted by molar-refractivity contribution is 6.08. The number of Topliss-reactive ketones (excluding diaryl/α,β-unsaturated/α-hetero) is 1. The maximum absolute atomic E-state index is 11.1. The number of carbonyl (C=O) groups excluding carboxylic acids is 2. The quantitative estimate of drug-likeness (QED) is 0.319. The van der Waals surface area contributed by atoms with Crippen molar-refractivity contribution < 1.29 is 38.8 Å². The Hall–Kier alpha value is -2.87. The molecule has 1 rings (SSSR count). The number of aliphatic carboxylic acids is 1. The smallest absolute Gasteiger partial charge is 0.337 e. The molecule has 0 aromatic rings. The van der Waals surface area contributed by atoms with Crippen LogP contribution in [0.4, 0.5) is 0 Å². The van der Waals surface area contributed by atoms with Crippen LogP contribution in [0.3, 0.4) is 0 Å². The molecule has 1 heterocycles. The minimum absolute atomic E-state index is 0.0694. The average molecular weight is 340 g/mol. The fraction of sp³-hybridized carbons (Fsp3) is 0.312. The predicted molar refractivity (Wildman–Crippen MR) is 83.5 cm³/mol. The molecule has 0 aromatic heterocycles. The van der Waals surface area contributed by atoms with Gasteiger partial charge in [0.2, 0.25) is 5.78 Å². The van der Waals surface area contributed by atoms with E-state index in [4.69, 9.17) is 9.84 Å². The normalized spacial score (nSPS) is 19.3. The lowest BCUT2D eigenvalue weighted by Gasteiger charge is -2.23. The Balaban J connectivity index is 0.000000441. The predicted octanol–water partition coefficient (Wildman–Crippen LogP) is 1.08. The Bertz CT molecular complexity index is 626. The standard InChI is InChI=1S/2C8H10O4/c1-5(2)8(10)6(11-3)4-7(9)12-8;1-5(2)8(11)6(12-3)4-7(9)10/h4,10H,1H2,2-3H3;4H,1H2,2-3H3,(H,9,10). The monoisotopic (exact) mass is 340 g/mol. The van der Waals surface area contributed by atoms with Gasteiger partial charge in [0, 0.05) is 0 Å². The van der Waals surface area contributed by atoms with Gasteiger partial charge in [0.05, 0.1) is 26.4 Å². The summed E-state index contributed by atoms with van der Waals surface area (Å²) in [6.07, 6.45) is 1.80. The fourth-order valence-electron chi connectivity index (χ4n) is 1.46. The first kappa shape index (κ1) is 21.1. The van der Waals surface area contributed by atoms with Crippen molar-refractivity contribution in [3.05, 3.63) is 48.0 Å². The van der Waals surface area contributed by atoms with Gasteiger partial charge in [0.15, 0.2) is 11.5 Å². The first-order valence-corrected chi connectivity index (χ1v) is 6.55. The molecule has 1 aliphatic heterocycles. The Morgan fingerprint density at radius 2 is 1.83 bits per heavy atom. The maximum atomic E-state index is 11.1. The van der Waals surface area contributed by atoms with Gasteiger partial charge in [0.25, 0.3) is 5.79 Å². The third kappa shape index (κ3) is 5.40. The number of aliphatic hydroxyl groups is 1. The fourth-order valence-corrected chi connectivity index (χ4v) is 1.46. The Morgan fingerprint density at radius 1 is 1.29 bits per heavy atom. The molecule has 0 spiro atoms. The van der Waals surface area contributed by atoms with Gasteiger partial charge in [-0.3, -0.25) is 4.79 Å². The maximum Gasteiger partial charge on any atom is 0.337 e. The van der Waals surface area contributed by atoms with Gasteiger partial charge in [-0.05, 0) is 25.0 Å². The molecule has 0 bridgehead atoms. The molecule has 0 saturated carbocycles. The van der Waals surface area contributed by atoms with E-state index < -0.39 is 23.5 Å². The van der Waals surface area contributed by atoms with Crippen LogP contribution in [0.2, 0.25) is 0 Å². The molecular weight excluding hydrogens is 320 g/mol. The molecule has 132 valence electrons. The highest BCUT2D eigenvalue weighted by atomic mass is 16.7. The van der Waals surface area contributed by atoms with Crippen molar-refractivity contribution in [3.63, 3.8) is 0 Å². The molecule has 8 heteroatoms. The number of hydrogen-bond donors (Lipinski definition) is 2. The van der Waals surface area contributed by atoms with Crippen molar-refractivity contribution in [1.82, 2.24) is 0 Å². The highest BCUT2D eigenvalue weighted by Gasteiger charge is 2.43. The number of methoxy groups -OCH3 is 2. The number of esters is 1. The van der Waals surface area contributed by atoms with E-state index in [0.29, 0.717) is 11.6 Å². The lowest BCUT2D eigenvalue weighted by molar-refractivity contribution is -0.176. The van der Waals surface area contributed by atoms with E-state index in [1.54, 1.807) is 6.92 Å². The zero-order valence-electron chi connectivity index (χ0n) is 13.9. The number of ether oxygens (including phenoxy) is 3. The minimum atomic E-state index is -1.77. The molecule has 1 aliphatic rings. The first-order chi connectivity index (χ1) is 11.0. The van der Waals surface area contributed by atoms with Crippen LogP contribution in [0.15, 0.2) is 48.0 Å². The van der Waals surface area contributed by atoms with Crippen LogP contribution in [-0.2, 0) is 28.6 Å². The van der Waals surface area contributed by atoms with Crippen molar-refractivity contribution in [2.75, 3.05) is 14.2 Å². The topological polar surface area (TPSA) is 119 Å². The summed E-state index contributed by atoms with van der Waals surface area (Å²) in [7, 11) is 2.58. The van der Waals surface area contributed by atoms with Crippen LogP contribution in [-0.4, -0.2) is 47.9 Å². The summed E-state index contributed by atoms with van der Waals surface area (Å²) in [5, 5.41) is 18.0. The Morgan fingerprint density at radius 3 is 2.12 bits per heavy atom.